The molecule has 25 heavy (non-hydrogen) atoms. The van der Waals surface area contributed by atoms with Gasteiger partial charge in [-0.15, -0.1) is 0 Å². The lowest BCUT2D eigenvalue weighted by Crippen LogP contribution is -2.07. The Balaban J connectivity index is 1.77. The second kappa shape index (κ2) is 7.25. The Morgan fingerprint density at radius 1 is 0.920 bits per heavy atom. The number of anilines is 3. The number of hydrogen-bond donors (Lipinski definition) is 2. The molecule has 0 fully saturated rings. The zero-order chi connectivity index (χ0) is 17.8. The van der Waals surface area contributed by atoms with Crippen LogP contribution in [-0.4, -0.2) is 9.97 Å². The van der Waals surface area contributed by atoms with E-state index < -0.39 is 11.6 Å². The molecule has 0 unspecified atom stereocenters. The van der Waals surface area contributed by atoms with E-state index in [1.54, 1.807) is 13.0 Å². The molecule has 3 rings (SSSR count). The molecule has 4 nitrogen and oxygen atoms in total. The van der Waals surface area contributed by atoms with Crippen LogP contribution in [0.15, 0.2) is 48.5 Å². The van der Waals surface area contributed by atoms with Crippen LogP contribution in [0.3, 0.4) is 0 Å². The summed E-state index contributed by atoms with van der Waals surface area (Å²) in [4.78, 5) is 8.46. The highest BCUT2D eigenvalue weighted by atomic mass is 19.1. The van der Waals surface area contributed by atoms with E-state index in [0.717, 1.165) is 5.56 Å². The van der Waals surface area contributed by atoms with Crippen LogP contribution in [0.5, 0.6) is 0 Å². The van der Waals surface area contributed by atoms with E-state index in [0.29, 0.717) is 18.1 Å². The maximum Gasteiger partial charge on any atom is 0.229 e. The summed E-state index contributed by atoms with van der Waals surface area (Å²) in [5.74, 6) is -0.679. The monoisotopic (exact) mass is 340 g/mol. The van der Waals surface area contributed by atoms with Crippen LogP contribution in [-0.2, 0) is 6.54 Å². The molecule has 2 N–H and O–H groups in total. The summed E-state index contributed by atoms with van der Waals surface area (Å²) >= 11 is 0. The predicted octanol–water partition coefficient (Wildman–Crippen LogP) is 4.73. The molecule has 0 aliphatic heterocycles. The van der Waals surface area contributed by atoms with Gasteiger partial charge in [0.1, 0.15) is 23.1 Å². The number of nitrogens with one attached hydrogen (secondary N) is 2. The van der Waals surface area contributed by atoms with Gasteiger partial charge in [-0.3, -0.25) is 0 Å². The maximum atomic E-state index is 13.8. The van der Waals surface area contributed by atoms with Crippen molar-refractivity contribution in [1.82, 2.24) is 9.97 Å². The normalized spacial score (nSPS) is 10.6. The van der Waals surface area contributed by atoms with Crippen LogP contribution >= 0.6 is 0 Å². The van der Waals surface area contributed by atoms with Crippen LogP contribution in [0.25, 0.3) is 0 Å². The second-order valence-corrected chi connectivity index (χ2v) is 5.78. The van der Waals surface area contributed by atoms with Crippen molar-refractivity contribution in [3.05, 3.63) is 77.0 Å². The van der Waals surface area contributed by atoms with Crippen LogP contribution in [0.4, 0.5) is 26.2 Å². The molecule has 0 spiro atoms. The Morgan fingerprint density at radius 3 is 2.28 bits per heavy atom. The Kier molecular flexibility index (Phi) is 4.88. The van der Waals surface area contributed by atoms with Gasteiger partial charge in [-0.2, -0.15) is 4.98 Å². The molecule has 0 saturated carbocycles. The quantitative estimate of drug-likeness (QED) is 0.705. The van der Waals surface area contributed by atoms with Crippen molar-refractivity contribution in [3.63, 3.8) is 0 Å². The number of halogens is 2. The van der Waals surface area contributed by atoms with Gasteiger partial charge >= 0.3 is 0 Å². The predicted molar refractivity (Wildman–Crippen MR) is 94.9 cm³/mol. The molecular formula is C19H18F2N4. The molecule has 0 bridgehead atoms. The van der Waals surface area contributed by atoms with E-state index in [4.69, 9.17) is 0 Å². The lowest BCUT2D eigenvalue weighted by molar-refractivity contribution is 0.590. The molecule has 3 aromatic rings. The fourth-order valence-corrected chi connectivity index (χ4v) is 2.34. The van der Waals surface area contributed by atoms with E-state index in [2.05, 4.69) is 20.6 Å². The van der Waals surface area contributed by atoms with Crippen molar-refractivity contribution in [3.8, 4) is 0 Å². The molecule has 0 aliphatic rings. The largest absolute Gasteiger partial charge is 0.366 e. The van der Waals surface area contributed by atoms with E-state index in [9.17, 15) is 8.78 Å². The highest BCUT2D eigenvalue weighted by Gasteiger charge is 2.11. The fraction of sp³-hybridized carbons (Fsp3) is 0.158. The van der Waals surface area contributed by atoms with Crippen molar-refractivity contribution in [2.75, 3.05) is 10.6 Å². The average molecular weight is 340 g/mol. The zero-order valence-electron chi connectivity index (χ0n) is 14.0. The molecular weight excluding hydrogens is 322 g/mol. The number of nitrogens with zero attached hydrogens (tertiary/aromatic N) is 2. The molecule has 0 saturated heterocycles. The van der Waals surface area contributed by atoms with Crippen molar-refractivity contribution in [2.45, 2.75) is 20.4 Å². The van der Waals surface area contributed by atoms with Crippen molar-refractivity contribution < 1.29 is 8.78 Å². The van der Waals surface area contributed by atoms with Gasteiger partial charge in [-0.05, 0) is 31.5 Å². The number of aryl methyl sites for hydroxylation is 2. The number of para-hydroxylation sites is 1. The minimum absolute atomic E-state index is 0.135. The molecule has 0 atom stereocenters. The topological polar surface area (TPSA) is 49.8 Å². The summed E-state index contributed by atoms with van der Waals surface area (Å²) < 4.78 is 27.5. The average Bonchev–Trinajstić information content (AvgIpc) is 2.57. The van der Waals surface area contributed by atoms with Gasteiger partial charge in [-0.1, -0.05) is 35.9 Å². The highest BCUT2D eigenvalue weighted by molar-refractivity contribution is 5.56. The summed E-state index contributed by atoms with van der Waals surface area (Å²) in [7, 11) is 0. The van der Waals surface area contributed by atoms with Gasteiger partial charge in [0.25, 0.3) is 0 Å². The summed E-state index contributed by atoms with van der Waals surface area (Å²) in [6.07, 6.45) is 0. The van der Waals surface area contributed by atoms with Crippen molar-refractivity contribution >= 4 is 17.5 Å². The van der Waals surface area contributed by atoms with E-state index in [1.165, 1.54) is 23.8 Å². The molecule has 6 heteroatoms. The standard InChI is InChI=1S/C19H18F2N4/c1-12-6-8-14(9-7-12)11-22-17-10-13(2)23-19(24-17)25-18-15(20)4-3-5-16(18)21/h3-10H,11H2,1-2H3,(H2,22,23,24,25). The van der Waals surface area contributed by atoms with Gasteiger partial charge < -0.3 is 10.6 Å². The summed E-state index contributed by atoms with van der Waals surface area (Å²) in [6.45, 7) is 4.41. The minimum atomic E-state index is -0.695. The van der Waals surface area contributed by atoms with Gasteiger partial charge in [-0.25, -0.2) is 13.8 Å². The zero-order valence-corrected chi connectivity index (χ0v) is 14.0. The Bertz CT molecular complexity index is 859. The molecule has 1 heterocycles. The Morgan fingerprint density at radius 2 is 1.60 bits per heavy atom. The second-order valence-electron chi connectivity index (χ2n) is 5.78. The maximum absolute atomic E-state index is 13.8. The number of rotatable bonds is 5. The van der Waals surface area contributed by atoms with Gasteiger partial charge in [0.15, 0.2) is 0 Å². The fourth-order valence-electron chi connectivity index (χ4n) is 2.34. The molecule has 2 aromatic carbocycles. The minimum Gasteiger partial charge on any atom is -0.366 e. The smallest absolute Gasteiger partial charge is 0.229 e. The molecule has 0 radical (unpaired) electrons. The molecule has 1 aromatic heterocycles. The van der Waals surface area contributed by atoms with Gasteiger partial charge in [0.05, 0.1) is 0 Å². The SMILES string of the molecule is Cc1ccc(CNc2cc(C)nc(Nc3c(F)cccc3F)n2)cc1. The highest BCUT2D eigenvalue weighted by Crippen LogP contribution is 2.22. The van der Waals surface area contributed by atoms with E-state index in [1.807, 2.05) is 31.2 Å². The van der Waals surface area contributed by atoms with Crippen molar-refractivity contribution in [1.29, 1.82) is 0 Å². The third-order valence-electron chi connectivity index (χ3n) is 3.65. The van der Waals surface area contributed by atoms with E-state index in [-0.39, 0.29) is 11.6 Å². The van der Waals surface area contributed by atoms with Crippen LogP contribution < -0.4 is 10.6 Å². The Labute approximate surface area is 145 Å². The summed E-state index contributed by atoms with van der Waals surface area (Å²) in [5.41, 5.74) is 2.72. The number of aromatic nitrogens is 2. The Hall–Kier alpha value is -3.02. The molecule has 0 aliphatic carbocycles. The van der Waals surface area contributed by atoms with Gasteiger partial charge in [0, 0.05) is 18.3 Å². The van der Waals surface area contributed by atoms with Crippen molar-refractivity contribution in [2.24, 2.45) is 0 Å². The lowest BCUT2D eigenvalue weighted by Gasteiger charge is -2.11. The number of benzene rings is 2. The summed E-state index contributed by atoms with van der Waals surface area (Å²) in [6, 6.07) is 13.6. The third kappa shape index (κ3) is 4.29. The van der Waals surface area contributed by atoms with Crippen LogP contribution in [0.1, 0.15) is 16.8 Å². The first-order chi connectivity index (χ1) is 12.0. The molecule has 0 amide bonds. The summed E-state index contributed by atoms with van der Waals surface area (Å²) in [5, 5.41) is 5.81. The van der Waals surface area contributed by atoms with Crippen LogP contribution in [0.2, 0.25) is 0 Å². The first kappa shape index (κ1) is 16.8. The third-order valence-corrected chi connectivity index (χ3v) is 3.65. The van der Waals surface area contributed by atoms with Crippen LogP contribution in [0, 0.1) is 25.5 Å². The molecule has 128 valence electrons. The number of hydrogen-bond acceptors (Lipinski definition) is 4. The van der Waals surface area contributed by atoms with E-state index >= 15 is 0 Å². The van der Waals surface area contributed by atoms with Gasteiger partial charge in [0.2, 0.25) is 5.95 Å². The first-order valence-corrected chi connectivity index (χ1v) is 7.87. The first-order valence-electron chi connectivity index (χ1n) is 7.87. The lowest BCUT2D eigenvalue weighted by atomic mass is 10.1.